The molecule has 0 aliphatic rings. The van der Waals surface area contributed by atoms with E-state index in [0.717, 1.165) is 5.56 Å². The van der Waals surface area contributed by atoms with Crippen molar-refractivity contribution < 1.29 is 4.79 Å². The molecule has 1 rings (SSSR count). The van der Waals surface area contributed by atoms with Gasteiger partial charge in [-0.05, 0) is 26.3 Å². The predicted molar refractivity (Wildman–Crippen MR) is 53.0 cm³/mol. The zero-order valence-corrected chi connectivity index (χ0v) is 8.22. The van der Waals surface area contributed by atoms with Crippen molar-refractivity contribution >= 4 is 6.41 Å². The van der Waals surface area contributed by atoms with Crippen LogP contribution in [0.4, 0.5) is 0 Å². The minimum atomic E-state index is -0.340. The largest absolute Gasteiger partial charge is 0.339 e. The minimum absolute atomic E-state index is 0.340. The average molecular weight is 176 g/mol. The van der Waals surface area contributed by atoms with Crippen molar-refractivity contribution in [1.29, 1.82) is 0 Å². The lowest BCUT2D eigenvalue weighted by Crippen LogP contribution is -2.35. The van der Waals surface area contributed by atoms with E-state index < -0.39 is 0 Å². The van der Waals surface area contributed by atoms with Crippen LogP contribution in [0.15, 0.2) is 24.3 Å². The predicted octanol–water partition coefficient (Wildman–Crippen LogP) is 1.89. The number of hydrogen-bond acceptors (Lipinski definition) is 1. The fraction of sp³-hybridized carbons (Fsp3) is 0.364. The monoisotopic (exact) mass is 176 g/mol. The van der Waals surface area contributed by atoms with Gasteiger partial charge in [0.15, 0.2) is 0 Å². The van der Waals surface area contributed by atoms with Gasteiger partial charge in [0.1, 0.15) is 0 Å². The standard InChI is InChI=1S/C11H14NO/c1-9-5-4-6-10(7-9)11(2,3)12-8-13/h4-7H,1-3H3,(H,12,13). The highest BCUT2D eigenvalue weighted by molar-refractivity contribution is 5.50. The summed E-state index contributed by atoms with van der Waals surface area (Å²) in [6.45, 7) is 5.93. The summed E-state index contributed by atoms with van der Waals surface area (Å²) in [5.74, 6) is 0. The van der Waals surface area contributed by atoms with Crippen molar-refractivity contribution in [2.24, 2.45) is 0 Å². The van der Waals surface area contributed by atoms with Crippen LogP contribution in [-0.4, -0.2) is 6.41 Å². The molecule has 69 valence electrons. The van der Waals surface area contributed by atoms with Crippen molar-refractivity contribution in [1.82, 2.24) is 5.32 Å². The van der Waals surface area contributed by atoms with Gasteiger partial charge in [-0.2, -0.15) is 0 Å². The van der Waals surface area contributed by atoms with E-state index in [-0.39, 0.29) is 5.54 Å². The number of aryl methyl sites for hydroxylation is 1. The third-order valence-corrected chi connectivity index (χ3v) is 2.10. The van der Waals surface area contributed by atoms with E-state index in [1.165, 1.54) is 5.56 Å². The summed E-state index contributed by atoms with van der Waals surface area (Å²) >= 11 is 0. The Hall–Kier alpha value is -1.31. The molecule has 13 heavy (non-hydrogen) atoms. The van der Waals surface area contributed by atoms with E-state index in [0.29, 0.717) is 0 Å². The summed E-state index contributed by atoms with van der Waals surface area (Å²) in [6.07, 6.45) is 1.73. The van der Waals surface area contributed by atoms with Crippen molar-refractivity contribution in [3.63, 3.8) is 0 Å². The molecule has 0 spiro atoms. The second kappa shape index (κ2) is 3.60. The molecule has 0 unspecified atom stereocenters. The summed E-state index contributed by atoms with van der Waals surface area (Å²) in [6, 6.07) is 8.07. The summed E-state index contributed by atoms with van der Waals surface area (Å²) in [5.41, 5.74) is 1.95. The average Bonchev–Trinajstić information content (AvgIpc) is 2.04. The third kappa shape index (κ3) is 2.31. The first-order valence-corrected chi connectivity index (χ1v) is 4.28. The summed E-state index contributed by atoms with van der Waals surface area (Å²) in [5, 5.41) is 2.66. The number of carbonyl (C=O) groups excluding carboxylic acids is 1. The molecule has 0 aliphatic heterocycles. The molecule has 0 fully saturated rings. The highest BCUT2D eigenvalue weighted by atomic mass is 16.1. The summed E-state index contributed by atoms with van der Waals surface area (Å²) in [7, 11) is 0. The van der Waals surface area contributed by atoms with Crippen molar-refractivity contribution in [2.75, 3.05) is 0 Å². The Labute approximate surface area is 79.0 Å². The smallest absolute Gasteiger partial charge is 0.310 e. The molecule has 2 heteroatoms. The van der Waals surface area contributed by atoms with Gasteiger partial charge in [-0.15, -0.1) is 0 Å². The van der Waals surface area contributed by atoms with Crippen molar-refractivity contribution in [3.05, 3.63) is 35.4 Å². The van der Waals surface area contributed by atoms with Gasteiger partial charge < -0.3 is 5.32 Å². The maximum absolute atomic E-state index is 10.2. The van der Waals surface area contributed by atoms with Crippen molar-refractivity contribution in [3.8, 4) is 0 Å². The summed E-state index contributed by atoms with van der Waals surface area (Å²) in [4.78, 5) is 10.2. The van der Waals surface area contributed by atoms with E-state index in [9.17, 15) is 4.79 Å². The molecule has 0 bridgehead atoms. The van der Waals surface area contributed by atoms with E-state index in [2.05, 4.69) is 11.4 Å². The lowest BCUT2D eigenvalue weighted by atomic mass is 9.93. The molecular weight excluding hydrogens is 162 g/mol. The molecule has 1 radical (unpaired) electrons. The first-order chi connectivity index (χ1) is 6.06. The number of hydrogen-bond donors (Lipinski definition) is 1. The van der Waals surface area contributed by atoms with Gasteiger partial charge >= 0.3 is 6.41 Å². The highest BCUT2D eigenvalue weighted by Gasteiger charge is 2.18. The quantitative estimate of drug-likeness (QED) is 0.700. The minimum Gasteiger partial charge on any atom is -0.339 e. The molecule has 1 aromatic rings. The third-order valence-electron chi connectivity index (χ3n) is 2.10. The Kier molecular flexibility index (Phi) is 2.71. The Morgan fingerprint density at radius 1 is 1.38 bits per heavy atom. The Morgan fingerprint density at radius 2 is 2.08 bits per heavy atom. The van der Waals surface area contributed by atoms with Crippen LogP contribution in [0, 0.1) is 6.92 Å². The van der Waals surface area contributed by atoms with Crippen LogP contribution in [0.2, 0.25) is 0 Å². The maximum Gasteiger partial charge on any atom is 0.310 e. The fourth-order valence-electron chi connectivity index (χ4n) is 1.23. The van der Waals surface area contributed by atoms with Crippen LogP contribution < -0.4 is 5.32 Å². The van der Waals surface area contributed by atoms with Crippen LogP contribution in [0.25, 0.3) is 0 Å². The molecule has 0 aliphatic carbocycles. The summed E-state index contributed by atoms with van der Waals surface area (Å²) < 4.78 is 0. The molecule has 0 aromatic heterocycles. The zero-order chi connectivity index (χ0) is 9.90. The van der Waals surface area contributed by atoms with Crippen LogP contribution in [0.5, 0.6) is 0 Å². The zero-order valence-electron chi connectivity index (χ0n) is 8.22. The van der Waals surface area contributed by atoms with Crippen molar-refractivity contribution in [2.45, 2.75) is 26.3 Å². The van der Waals surface area contributed by atoms with Gasteiger partial charge in [-0.3, -0.25) is 4.79 Å². The molecule has 0 heterocycles. The van der Waals surface area contributed by atoms with Gasteiger partial charge in [0.25, 0.3) is 0 Å². The lowest BCUT2D eigenvalue weighted by molar-refractivity contribution is 0.451. The Bertz CT molecular complexity index is 305. The normalized spacial score (nSPS) is 11.0. The van der Waals surface area contributed by atoms with E-state index in [1.54, 1.807) is 6.41 Å². The van der Waals surface area contributed by atoms with Crippen LogP contribution in [-0.2, 0) is 10.3 Å². The van der Waals surface area contributed by atoms with Gasteiger partial charge in [-0.1, -0.05) is 29.8 Å². The Morgan fingerprint density at radius 3 is 2.62 bits per heavy atom. The topological polar surface area (TPSA) is 29.1 Å². The van der Waals surface area contributed by atoms with Gasteiger partial charge in [0, 0.05) is 0 Å². The molecule has 1 amide bonds. The SMILES string of the molecule is Cc1cccc(C(C)(C)N[C]=O)c1. The molecule has 0 saturated carbocycles. The van der Waals surface area contributed by atoms with Gasteiger partial charge in [-0.25, -0.2) is 0 Å². The first-order valence-electron chi connectivity index (χ1n) is 4.28. The van der Waals surface area contributed by atoms with Crippen LogP contribution >= 0.6 is 0 Å². The van der Waals surface area contributed by atoms with Gasteiger partial charge in [0.2, 0.25) is 0 Å². The molecule has 0 atom stereocenters. The van der Waals surface area contributed by atoms with E-state index in [1.807, 2.05) is 39.0 Å². The molecule has 1 aromatic carbocycles. The molecule has 2 nitrogen and oxygen atoms in total. The number of benzene rings is 1. The van der Waals surface area contributed by atoms with E-state index in [4.69, 9.17) is 0 Å². The number of rotatable bonds is 3. The molecular formula is C11H14NO. The second-order valence-electron chi connectivity index (χ2n) is 3.72. The Balaban J connectivity index is 2.99. The molecule has 0 saturated heterocycles. The molecule has 1 N–H and O–H groups in total. The van der Waals surface area contributed by atoms with Crippen LogP contribution in [0.1, 0.15) is 25.0 Å². The lowest BCUT2D eigenvalue weighted by Gasteiger charge is -2.24. The second-order valence-corrected chi connectivity index (χ2v) is 3.72. The number of nitrogens with one attached hydrogen (secondary N) is 1. The van der Waals surface area contributed by atoms with E-state index >= 15 is 0 Å². The van der Waals surface area contributed by atoms with Gasteiger partial charge in [0.05, 0.1) is 5.54 Å². The maximum atomic E-state index is 10.2. The number of amides is 1. The van der Waals surface area contributed by atoms with Crippen LogP contribution in [0.3, 0.4) is 0 Å². The highest BCUT2D eigenvalue weighted by Crippen LogP contribution is 2.19. The first kappa shape index (κ1) is 9.78. The fourth-order valence-corrected chi connectivity index (χ4v) is 1.23.